The van der Waals surface area contributed by atoms with Gasteiger partial charge in [0.05, 0.1) is 12.0 Å². The SMILES string of the molecule is CC(C)(CO)C(=O)P(c1ccccc1)c1ccccc1.O. The highest BCUT2D eigenvalue weighted by Gasteiger charge is 2.34. The third kappa shape index (κ3) is 3.98. The Morgan fingerprint density at radius 3 is 1.67 bits per heavy atom. The van der Waals surface area contributed by atoms with E-state index >= 15 is 0 Å². The van der Waals surface area contributed by atoms with Crippen LogP contribution in [-0.4, -0.2) is 22.7 Å². The van der Waals surface area contributed by atoms with Gasteiger partial charge in [-0.3, -0.25) is 4.79 Å². The standard InChI is InChI=1S/C17H19O2P.H2O/c1-17(2,13-18)16(19)20(14-9-5-3-6-10-14)15-11-7-4-8-12-15;/h3-12,18H,13H2,1-2H3;1H2. The first kappa shape index (κ1) is 17.5. The van der Waals surface area contributed by atoms with Gasteiger partial charge in [0, 0.05) is 7.92 Å². The second-order valence-electron chi connectivity index (χ2n) is 5.35. The van der Waals surface area contributed by atoms with E-state index in [1.54, 1.807) is 13.8 Å². The Hall–Kier alpha value is -1.54. The molecule has 2 rings (SSSR count). The van der Waals surface area contributed by atoms with Crippen molar-refractivity contribution in [3.8, 4) is 0 Å². The maximum atomic E-state index is 12.9. The first-order chi connectivity index (χ1) is 9.56. The molecule has 3 N–H and O–H groups in total. The third-order valence-electron chi connectivity index (χ3n) is 3.21. The lowest BCUT2D eigenvalue weighted by atomic mass is 9.97. The summed E-state index contributed by atoms with van der Waals surface area (Å²) in [5, 5.41) is 11.6. The number of carbonyl (C=O) groups excluding carboxylic acids is 1. The van der Waals surface area contributed by atoms with Crippen LogP contribution in [0.3, 0.4) is 0 Å². The maximum Gasteiger partial charge on any atom is 0.171 e. The second-order valence-corrected chi connectivity index (χ2v) is 7.46. The minimum Gasteiger partial charge on any atom is -0.412 e. The Morgan fingerprint density at radius 1 is 0.952 bits per heavy atom. The largest absolute Gasteiger partial charge is 0.412 e. The fraction of sp³-hybridized carbons (Fsp3) is 0.235. The van der Waals surface area contributed by atoms with E-state index in [9.17, 15) is 9.90 Å². The molecule has 0 aromatic heterocycles. The molecule has 0 amide bonds. The molecular weight excluding hydrogens is 283 g/mol. The van der Waals surface area contributed by atoms with Crippen LogP contribution in [0.2, 0.25) is 0 Å². The molecule has 0 radical (unpaired) electrons. The molecule has 4 heteroatoms. The first-order valence-electron chi connectivity index (χ1n) is 6.62. The van der Waals surface area contributed by atoms with E-state index < -0.39 is 13.3 Å². The fourth-order valence-electron chi connectivity index (χ4n) is 1.91. The van der Waals surface area contributed by atoms with Crippen LogP contribution in [0, 0.1) is 5.41 Å². The molecule has 0 fully saturated rings. The first-order valence-corrected chi connectivity index (χ1v) is 7.96. The van der Waals surface area contributed by atoms with E-state index in [-0.39, 0.29) is 17.6 Å². The normalized spacial score (nSPS) is 11.0. The number of aliphatic hydroxyl groups is 1. The highest BCUT2D eigenvalue weighted by molar-refractivity contribution is 7.87. The van der Waals surface area contributed by atoms with Gasteiger partial charge in [0.15, 0.2) is 5.52 Å². The van der Waals surface area contributed by atoms with Crippen molar-refractivity contribution >= 4 is 24.1 Å². The molecule has 2 aromatic carbocycles. The molecule has 0 atom stereocenters. The van der Waals surface area contributed by atoms with E-state index in [0.29, 0.717) is 0 Å². The van der Waals surface area contributed by atoms with Crippen LogP contribution >= 0.6 is 7.92 Å². The molecule has 112 valence electrons. The smallest absolute Gasteiger partial charge is 0.171 e. The van der Waals surface area contributed by atoms with Crippen LogP contribution in [0.25, 0.3) is 0 Å². The average molecular weight is 304 g/mol. The minimum atomic E-state index is -1.10. The summed E-state index contributed by atoms with van der Waals surface area (Å²) in [5.74, 6) is 0. The molecular formula is C17H21O3P. The molecule has 2 aromatic rings. The average Bonchev–Trinajstić information content (AvgIpc) is 2.49. The maximum absolute atomic E-state index is 12.9. The number of hydrogen-bond acceptors (Lipinski definition) is 2. The van der Waals surface area contributed by atoms with Gasteiger partial charge in [0.25, 0.3) is 0 Å². The highest BCUT2D eigenvalue weighted by Crippen LogP contribution is 2.41. The summed E-state index contributed by atoms with van der Waals surface area (Å²) in [5.41, 5.74) is -0.621. The number of rotatable bonds is 5. The van der Waals surface area contributed by atoms with Gasteiger partial charge < -0.3 is 10.6 Å². The summed E-state index contributed by atoms with van der Waals surface area (Å²) < 4.78 is 0. The summed E-state index contributed by atoms with van der Waals surface area (Å²) >= 11 is 0. The Labute approximate surface area is 126 Å². The van der Waals surface area contributed by atoms with Crippen LogP contribution in [0.5, 0.6) is 0 Å². The molecule has 0 heterocycles. The van der Waals surface area contributed by atoms with Crippen molar-refractivity contribution in [2.24, 2.45) is 5.41 Å². The van der Waals surface area contributed by atoms with E-state index in [4.69, 9.17) is 0 Å². The summed E-state index contributed by atoms with van der Waals surface area (Å²) in [7, 11) is -1.10. The van der Waals surface area contributed by atoms with Crippen molar-refractivity contribution < 1.29 is 15.4 Å². The lowest BCUT2D eigenvalue weighted by Crippen LogP contribution is -2.32. The Balaban J connectivity index is 0.00000220. The molecule has 0 bridgehead atoms. The molecule has 0 aliphatic carbocycles. The van der Waals surface area contributed by atoms with Crippen molar-refractivity contribution in [3.63, 3.8) is 0 Å². The zero-order valence-electron chi connectivity index (χ0n) is 12.3. The zero-order chi connectivity index (χ0) is 14.6. The van der Waals surface area contributed by atoms with Crippen LogP contribution in [0.1, 0.15) is 13.8 Å². The van der Waals surface area contributed by atoms with Gasteiger partial charge >= 0.3 is 0 Å². The Kier molecular flexibility index (Phi) is 6.22. The molecule has 0 saturated carbocycles. The van der Waals surface area contributed by atoms with Crippen molar-refractivity contribution in [2.75, 3.05) is 6.61 Å². The molecule has 0 aliphatic heterocycles. The summed E-state index contributed by atoms with van der Waals surface area (Å²) in [6.07, 6.45) is 0. The molecule has 0 spiro atoms. The third-order valence-corrected chi connectivity index (χ3v) is 5.85. The summed E-state index contributed by atoms with van der Waals surface area (Å²) in [4.78, 5) is 12.9. The van der Waals surface area contributed by atoms with Crippen molar-refractivity contribution in [1.29, 1.82) is 0 Å². The van der Waals surface area contributed by atoms with Crippen LogP contribution < -0.4 is 10.6 Å². The van der Waals surface area contributed by atoms with E-state index in [1.165, 1.54) is 0 Å². The fourth-order valence-corrected chi connectivity index (χ4v) is 4.29. The molecule has 21 heavy (non-hydrogen) atoms. The second kappa shape index (κ2) is 7.46. The number of hydrogen-bond donors (Lipinski definition) is 1. The predicted molar refractivity (Wildman–Crippen MR) is 88.6 cm³/mol. The zero-order valence-corrected chi connectivity index (χ0v) is 13.2. The van der Waals surface area contributed by atoms with Gasteiger partial charge in [0.2, 0.25) is 0 Å². The minimum absolute atomic E-state index is 0. The van der Waals surface area contributed by atoms with Gasteiger partial charge in [-0.2, -0.15) is 0 Å². The summed E-state index contributed by atoms with van der Waals surface area (Å²) in [6, 6.07) is 19.7. The van der Waals surface area contributed by atoms with Crippen LogP contribution in [0.4, 0.5) is 0 Å². The Bertz CT molecular complexity index is 528. The predicted octanol–water partition coefficient (Wildman–Crippen LogP) is 1.84. The van der Waals surface area contributed by atoms with Crippen LogP contribution in [-0.2, 0) is 4.79 Å². The van der Waals surface area contributed by atoms with Crippen molar-refractivity contribution in [2.45, 2.75) is 13.8 Å². The quantitative estimate of drug-likeness (QED) is 0.856. The van der Waals surface area contributed by atoms with E-state index in [1.807, 2.05) is 60.7 Å². The van der Waals surface area contributed by atoms with Crippen molar-refractivity contribution in [3.05, 3.63) is 60.7 Å². The molecule has 0 unspecified atom stereocenters. The van der Waals surface area contributed by atoms with Crippen molar-refractivity contribution in [1.82, 2.24) is 0 Å². The number of benzene rings is 2. The Morgan fingerprint density at radius 2 is 1.33 bits per heavy atom. The van der Waals surface area contributed by atoms with Gasteiger partial charge in [-0.25, -0.2) is 0 Å². The monoisotopic (exact) mass is 304 g/mol. The highest BCUT2D eigenvalue weighted by atomic mass is 31.1. The molecule has 3 nitrogen and oxygen atoms in total. The number of carbonyl (C=O) groups is 1. The topological polar surface area (TPSA) is 68.8 Å². The number of aliphatic hydroxyl groups excluding tert-OH is 1. The summed E-state index contributed by atoms with van der Waals surface area (Å²) in [6.45, 7) is 3.47. The van der Waals surface area contributed by atoms with Gasteiger partial charge in [0.1, 0.15) is 0 Å². The molecule has 0 saturated heterocycles. The van der Waals surface area contributed by atoms with Gasteiger partial charge in [-0.05, 0) is 10.6 Å². The molecule has 0 aliphatic rings. The lowest BCUT2D eigenvalue weighted by molar-refractivity contribution is -0.120. The van der Waals surface area contributed by atoms with Gasteiger partial charge in [-0.1, -0.05) is 74.5 Å². The van der Waals surface area contributed by atoms with E-state index in [2.05, 4.69) is 0 Å². The van der Waals surface area contributed by atoms with E-state index in [0.717, 1.165) is 10.6 Å². The van der Waals surface area contributed by atoms with Gasteiger partial charge in [-0.15, -0.1) is 0 Å². The van der Waals surface area contributed by atoms with Crippen LogP contribution in [0.15, 0.2) is 60.7 Å². The lowest BCUT2D eigenvalue weighted by Gasteiger charge is -2.27.